The Morgan fingerprint density at radius 1 is 1.14 bits per heavy atom. The monoisotopic (exact) mass is 312 g/mol. The molecule has 0 unspecified atom stereocenters. The molecule has 0 aliphatic carbocycles. The van der Waals surface area contributed by atoms with Gasteiger partial charge in [-0.1, -0.05) is 48.0 Å². The number of thioether (sulfide) groups is 1. The Bertz CT molecular complexity index is 627. The summed E-state index contributed by atoms with van der Waals surface area (Å²) in [6, 6.07) is 18.3. The Morgan fingerprint density at radius 2 is 1.86 bits per heavy atom. The van der Waals surface area contributed by atoms with Crippen molar-refractivity contribution < 1.29 is 4.79 Å². The average molecular weight is 312 g/mol. The molecule has 22 heavy (non-hydrogen) atoms. The number of carbonyl (C=O) groups excluding carboxylic acids is 1. The van der Waals surface area contributed by atoms with Crippen LogP contribution in [-0.2, 0) is 0 Å². The molecule has 2 amide bonds. The van der Waals surface area contributed by atoms with Gasteiger partial charge >= 0.3 is 6.03 Å². The van der Waals surface area contributed by atoms with Crippen LogP contribution in [0.25, 0.3) is 0 Å². The largest absolute Gasteiger partial charge is 0.322 e. The van der Waals surface area contributed by atoms with Crippen LogP contribution in [-0.4, -0.2) is 29.0 Å². The molecule has 1 aliphatic heterocycles. The highest BCUT2D eigenvalue weighted by Crippen LogP contribution is 2.30. The summed E-state index contributed by atoms with van der Waals surface area (Å²) in [4.78, 5) is 14.6. The van der Waals surface area contributed by atoms with E-state index in [1.165, 1.54) is 11.1 Å². The van der Waals surface area contributed by atoms with E-state index >= 15 is 0 Å². The third-order valence-corrected chi connectivity index (χ3v) is 4.90. The van der Waals surface area contributed by atoms with Crippen LogP contribution in [0, 0.1) is 6.92 Å². The molecule has 3 nitrogen and oxygen atoms in total. The Balaban J connectivity index is 1.77. The zero-order valence-corrected chi connectivity index (χ0v) is 13.5. The van der Waals surface area contributed by atoms with Crippen molar-refractivity contribution in [2.75, 3.05) is 23.4 Å². The van der Waals surface area contributed by atoms with Crippen LogP contribution in [0.1, 0.15) is 17.2 Å². The topological polar surface area (TPSA) is 32.3 Å². The molecular weight excluding hydrogens is 292 g/mol. The first-order chi connectivity index (χ1) is 10.7. The highest BCUT2D eigenvalue weighted by Gasteiger charge is 2.28. The van der Waals surface area contributed by atoms with Gasteiger partial charge in [0.1, 0.15) is 0 Å². The number of anilines is 1. The number of benzene rings is 2. The molecular formula is C18H20N2OS. The van der Waals surface area contributed by atoms with Crippen LogP contribution in [0.3, 0.4) is 0 Å². The molecule has 3 rings (SSSR count). The summed E-state index contributed by atoms with van der Waals surface area (Å²) in [6.45, 7) is 2.86. The third kappa shape index (κ3) is 3.45. The van der Waals surface area contributed by atoms with Crippen LogP contribution in [0.2, 0.25) is 0 Å². The molecule has 1 atom stereocenters. The van der Waals surface area contributed by atoms with Crippen molar-refractivity contribution in [3.05, 3.63) is 65.7 Å². The summed E-state index contributed by atoms with van der Waals surface area (Å²) in [5.41, 5.74) is 3.29. The van der Waals surface area contributed by atoms with E-state index in [-0.39, 0.29) is 12.1 Å². The maximum atomic E-state index is 12.6. The van der Waals surface area contributed by atoms with E-state index in [4.69, 9.17) is 0 Å². The Labute approximate surface area is 135 Å². The number of carbonyl (C=O) groups is 1. The fraction of sp³-hybridized carbons (Fsp3) is 0.278. The van der Waals surface area contributed by atoms with Gasteiger partial charge in [-0.3, -0.25) is 0 Å². The molecule has 0 radical (unpaired) electrons. The van der Waals surface area contributed by atoms with Crippen LogP contribution in [0.15, 0.2) is 54.6 Å². The zero-order valence-electron chi connectivity index (χ0n) is 12.7. The number of aryl methyl sites for hydroxylation is 1. The van der Waals surface area contributed by atoms with E-state index in [0.717, 1.165) is 23.7 Å². The second-order valence-electron chi connectivity index (χ2n) is 5.49. The van der Waals surface area contributed by atoms with Gasteiger partial charge in [-0.15, -0.1) is 0 Å². The van der Waals surface area contributed by atoms with E-state index in [9.17, 15) is 4.79 Å². The fourth-order valence-electron chi connectivity index (χ4n) is 2.63. The van der Waals surface area contributed by atoms with Crippen LogP contribution >= 0.6 is 11.8 Å². The lowest BCUT2D eigenvalue weighted by Crippen LogP contribution is -2.43. The van der Waals surface area contributed by atoms with Crippen molar-refractivity contribution in [1.82, 2.24) is 4.90 Å². The molecule has 1 aliphatic rings. The number of para-hydroxylation sites is 1. The summed E-state index contributed by atoms with van der Waals surface area (Å²) < 4.78 is 0. The minimum absolute atomic E-state index is 0.0166. The zero-order chi connectivity index (χ0) is 15.4. The van der Waals surface area contributed by atoms with E-state index in [0.29, 0.717) is 0 Å². The summed E-state index contributed by atoms with van der Waals surface area (Å²) in [7, 11) is 0. The van der Waals surface area contributed by atoms with E-state index in [2.05, 4.69) is 36.5 Å². The number of urea groups is 1. The smallest absolute Gasteiger partial charge is 0.316 e. The molecule has 1 heterocycles. The molecule has 1 saturated heterocycles. The molecule has 2 aromatic rings. The SMILES string of the molecule is Cc1ccc([C@@H]2CSCCN2C(=O)Nc2ccccc2)cc1. The highest BCUT2D eigenvalue weighted by molar-refractivity contribution is 7.99. The first kappa shape index (κ1) is 15.0. The van der Waals surface area contributed by atoms with Gasteiger partial charge in [0.15, 0.2) is 0 Å². The highest BCUT2D eigenvalue weighted by atomic mass is 32.2. The summed E-state index contributed by atoms with van der Waals surface area (Å²) >= 11 is 1.91. The molecule has 2 aromatic carbocycles. The lowest BCUT2D eigenvalue weighted by molar-refractivity contribution is 0.196. The van der Waals surface area contributed by atoms with Crippen molar-refractivity contribution in [2.45, 2.75) is 13.0 Å². The standard InChI is InChI=1S/C18H20N2OS/c1-14-7-9-15(10-8-14)17-13-22-12-11-20(17)18(21)19-16-5-3-2-4-6-16/h2-10,17H,11-13H2,1H3,(H,19,21)/t17-/m0/s1. The van der Waals surface area contributed by atoms with Gasteiger partial charge < -0.3 is 10.2 Å². The molecule has 0 spiro atoms. The first-order valence-corrected chi connectivity index (χ1v) is 8.66. The molecule has 0 bridgehead atoms. The predicted octanol–water partition coefficient (Wildman–Crippen LogP) is 4.32. The number of hydrogen-bond donors (Lipinski definition) is 1. The first-order valence-electron chi connectivity index (χ1n) is 7.51. The predicted molar refractivity (Wildman–Crippen MR) is 93.4 cm³/mol. The lowest BCUT2D eigenvalue weighted by Gasteiger charge is -2.35. The number of nitrogens with one attached hydrogen (secondary N) is 1. The van der Waals surface area contributed by atoms with Crippen LogP contribution < -0.4 is 5.32 Å². The Morgan fingerprint density at radius 3 is 2.59 bits per heavy atom. The number of nitrogens with zero attached hydrogens (tertiary/aromatic N) is 1. The van der Waals surface area contributed by atoms with Crippen molar-refractivity contribution in [2.24, 2.45) is 0 Å². The second-order valence-corrected chi connectivity index (χ2v) is 6.64. The summed E-state index contributed by atoms with van der Waals surface area (Å²) in [6.07, 6.45) is 0. The van der Waals surface area contributed by atoms with Crippen LogP contribution in [0.4, 0.5) is 10.5 Å². The minimum atomic E-state index is -0.0166. The van der Waals surface area contributed by atoms with Gasteiger partial charge in [0.2, 0.25) is 0 Å². The molecule has 1 N–H and O–H groups in total. The fourth-order valence-corrected chi connectivity index (χ4v) is 3.72. The quantitative estimate of drug-likeness (QED) is 0.896. The van der Waals surface area contributed by atoms with E-state index in [1.54, 1.807) is 0 Å². The van der Waals surface area contributed by atoms with Gasteiger partial charge in [-0.25, -0.2) is 4.79 Å². The minimum Gasteiger partial charge on any atom is -0.316 e. The second kappa shape index (κ2) is 6.88. The molecule has 0 aromatic heterocycles. The Kier molecular flexibility index (Phi) is 4.68. The van der Waals surface area contributed by atoms with Crippen molar-refractivity contribution >= 4 is 23.5 Å². The Hall–Kier alpha value is -1.94. The summed E-state index contributed by atoms with van der Waals surface area (Å²) in [5, 5.41) is 3.00. The number of hydrogen-bond acceptors (Lipinski definition) is 2. The van der Waals surface area contributed by atoms with Crippen LogP contribution in [0.5, 0.6) is 0 Å². The molecule has 1 fully saturated rings. The van der Waals surface area contributed by atoms with Crippen molar-refractivity contribution in [3.63, 3.8) is 0 Å². The average Bonchev–Trinajstić information content (AvgIpc) is 2.56. The summed E-state index contributed by atoms with van der Waals surface area (Å²) in [5.74, 6) is 1.94. The van der Waals surface area contributed by atoms with Crippen molar-refractivity contribution in [3.8, 4) is 0 Å². The number of rotatable bonds is 2. The van der Waals surface area contributed by atoms with Gasteiger partial charge in [-0.05, 0) is 24.6 Å². The van der Waals surface area contributed by atoms with Gasteiger partial charge in [0.25, 0.3) is 0 Å². The normalized spacial score (nSPS) is 18.0. The maximum Gasteiger partial charge on any atom is 0.322 e. The van der Waals surface area contributed by atoms with Gasteiger partial charge in [-0.2, -0.15) is 11.8 Å². The van der Waals surface area contributed by atoms with E-state index in [1.807, 2.05) is 47.0 Å². The molecule has 114 valence electrons. The van der Waals surface area contributed by atoms with E-state index < -0.39 is 0 Å². The van der Waals surface area contributed by atoms with Crippen molar-refractivity contribution in [1.29, 1.82) is 0 Å². The van der Waals surface area contributed by atoms with Gasteiger partial charge in [0, 0.05) is 23.7 Å². The number of amides is 2. The molecule has 0 saturated carbocycles. The third-order valence-electron chi connectivity index (χ3n) is 3.88. The molecule has 4 heteroatoms. The lowest BCUT2D eigenvalue weighted by atomic mass is 10.1. The maximum absolute atomic E-state index is 12.6. The van der Waals surface area contributed by atoms with Gasteiger partial charge in [0.05, 0.1) is 6.04 Å².